The number of nitrogens with two attached hydrogens (primary N) is 2. The first-order valence-electron chi connectivity index (χ1n) is 5.11. The summed E-state index contributed by atoms with van der Waals surface area (Å²) >= 11 is 5.84. The van der Waals surface area contributed by atoms with Crippen LogP contribution in [0.5, 0.6) is 11.5 Å². The van der Waals surface area contributed by atoms with Crippen LogP contribution in [0.4, 0.5) is 17.2 Å². The first kappa shape index (κ1) is 12.9. The van der Waals surface area contributed by atoms with Gasteiger partial charge in [0.2, 0.25) is 11.6 Å². The van der Waals surface area contributed by atoms with Gasteiger partial charge in [-0.25, -0.2) is 4.98 Å². The Morgan fingerprint density at radius 1 is 1.32 bits per heavy atom. The van der Waals surface area contributed by atoms with E-state index in [2.05, 4.69) is 4.98 Å². The number of aromatic nitrogens is 1. The Balaban J connectivity index is 2.40. The maximum Gasteiger partial charge on any atom is 0.353 e. The van der Waals surface area contributed by atoms with E-state index >= 15 is 0 Å². The molecule has 19 heavy (non-hydrogen) atoms. The topological polar surface area (TPSA) is 117 Å². The molecule has 8 heteroatoms. The molecule has 1 heterocycles. The number of halogens is 1. The van der Waals surface area contributed by atoms with Crippen LogP contribution in [0.15, 0.2) is 30.5 Å². The molecule has 4 N–H and O–H groups in total. The first-order chi connectivity index (χ1) is 8.99. The predicted molar refractivity (Wildman–Crippen MR) is 71.2 cm³/mol. The fourth-order valence-electron chi connectivity index (χ4n) is 1.42. The number of benzene rings is 1. The molecule has 0 bridgehead atoms. The summed E-state index contributed by atoms with van der Waals surface area (Å²) in [5.41, 5.74) is 11.0. The third kappa shape index (κ3) is 2.66. The van der Waals surface area contributed by atoms with Gasteiger partial charge in [-0.15, -0.1) is 0 Å². The normalized spacial score (nSPS) is 10.2. The molecule has 0 aliphatic heterocycles. The summed E-state index contributed by atoms with van der Waals surface area (Å²) in [4.78, 5) is 13.9. The number of ether oxygens (including phenoxy) is 1. The zero-order valence-corrected chi connectivity index (χ0v) is 10.3. The second-order valence-corrected chi connectivity index (χ2v) is 3.99. The molecule has 2 aromatic rings. The van der Waals surface area contributed by atoms with Crippen molar-refractivity contribution in [1.82, 2.24) is 4.98 Å². The Hall–Kier alpha value is -2.54. The van der Waals surface area contributed by atoms with Gasteiger partial charge in [0.1, 0.15) is 5.75 Å². The maximum absolute atomic E-state index is 10.9. The summed E-state index contributed by atoms with van der Waals surface area (Å²) in [6, 6.07) is 5.88. The van der Waals surface area contributed by atoms with E-state index < -0.39 is 10.6 Å². The van der Waals surface area contributed by atoms with Crippen LogP contribution in [0.25, 0.3) is 0 Å². The van der Waals surface area contributed by atoms with E-state index in [1.807, 2.05) is 0 Å². The highest BCUT2D eigenvalue weighted by atomic mass is 35.5. The molecule has 0 atom stereocenters. The molecule has 0 saturated heterocycles. The summed E-state index contributed by atoms with van der Waals surface area (Å²) in [5, 5.41) is 11.2. The van der Waals surface area contributed by atoms with Crippen molar-refractivity contribution in [3.8, 4) is 11.5 Å². The Bertz CT molecular complexity index is 648. The Morgan fingerprint density at radius 3 is 2.68 bits per heavy atom. The molecule has 7 nitrogen and oxygen atoms in total. The molecule has 0 aliphatic rings. The van der Waals surface area contributed by atoms with Gasteiger partial charge in [-0.1, -0.05) is 11.6 Å². The van der Waals surface area contributed by atoms with Crippen molar-refractivity contribution in [2.24, 2.45) is 0 Å². The van der Waals surface area contributed by atoms with Crippen LogP contribution >= 0.6 is 11.6 Å². The van der Waals surface area contributed by atoms with Crippen molar-refractivity contribution in [1.29, 1.82) is 0 Å². The summed E-state index contributed by atoms with van der Waals surface area (Å²) < 4.78 is 5.39. The quantitative estimate of drug-likeness (QED) is 0.507. The average Bonchev–Trinajstić information content (AvgIpc) is 2.33. The van der Waals surface area contributed by atoms with E-state index in [0.717, 1.165) is 0 Å². The molecule has 1 aromatic heterocycles. The second kappa shape index (κ2) is 4.99. The van der Waals surface area contributed by atoms with Crippen molar-refractivity contribution in [3.05, 3.63) is 45.6 Å². The second-order valence-electron chi connectivity index (χ2n) is 3.59. The number of hydrogen-bond donors (Lipinski definition) is 2. The lowest BCUT2D eigenvalue weighted by Gasteiger charge is -2.08. The summed E-state index contributed by atoms with van der Waals surface area (Å²) in [7, 11) is 0. The van der Waals surface area contributed by atoms with Crippen molar-refractivity contribution in [2.45, 2.75) is 0 Å². The number of hydrogen-bond acceptors (Lipinski definition) is 6. The fraction of sp³-hybridized carbons (Fsp3) is 0. The molecule has 1 aromatic carbocycles. The Labute approximate surface area is 112 Å². The number of rotatable bonds is 3. The molecule has 0 radical (unpaired) electrons. The molecule has 0 spiro atoms. The molecule has 98 valence electrons. The lowest BCUT2D eigenvalue weighted by atomic mass is 10.3. The highest BCUT2D eigenvalue weighted by Crippen LogP contribution is 2.35. The molecule has 0 saturated carbocycles. The van der Waals surface area contributed by atoms with Crippen LogP contribution in [-0.2, 0) is 0 Å². The van der Waals surface area contributed by atoms with E-state index in [1.54, 1.807) is 6.07 Å². The van der Waals surface area contributed by atoms with E-state index in [1.165, 1.54) is 24.4 Å². The number of nitrogens with zero attached hydrogens (tertiary/aromatic N) is 2. The smallest absolute Gasteiger partial charge is 0.353 e. The van der Waals surface area contributed by atoms with Crippen LogP contribution in [-0.4, -0.2) is 9.91 Å². The predicted octanol–water partition coefficient (Wildman–Crippen LogP) is 2.60. The van der Waals surface area contributed by atoms with Gasteiger partial charge in [0, 0.05) is 18.3 Å². The maximum atomic E-state index is 10.9. The monoisotopic (exact) mass is 280 g/mol. The van der Waals surface area contributed by atoms with E-state index in [0.29, 0.717) is 16.5 Å². The fourth-order valence-corrected chi connectivity index (χ4v) is 1.59. The minimum absolute atomic E-state index is 0.0154. The van der Waals surface area contributed by atoms with Gasteiger partial charge in [-0.2, -0.15) is 0 Å². The van der Waals surface area contributed by atoms with Crippen molar-refractivity contribution < 1.29 is 9.66 Å². The van der Waals surface area contributed by atoms with Crippen molar-refractivity contribution >= 4 is 28.8 Å². The lowest BCUT2D eigenvalue weighted by molar-refractivity contribution is -0.384. The van der Waals surface area contributed by atoms with Gasteiger partial charge < -0.3 is 16.2 Å². The van der Waals surface area contributed by atoms with Gasteiger partial charge in [-0.3, -0.25) is 10.1 Å². The number of nitro groups is 1. The average molecular weight is 281 g/mol. The van der Waals surface area contributed by atoms with Crippen LogP contribution in [0.2, 0.25) is 5.02 Å². The van der Waals surface area contributed by atoms with Crippen molar-refractivity contribution in [2.75, 3.05) is 11.5 Å². The first-order valence-corrected chi connectivity index (χ1v) is 5.48. The third-order valence-corrected chi connectivity index (χ3v) is 2.63. The molecule has 0 aliphatic carbocycles. The molecule has 0 fully saturated rings. The molecule has 2 rings (SSSR count). The zero-order chi connectivity index (χ0) is 14.0. The Morgan fingerprint density at radius 2 is 2.05 bits per heavy atom. The minimum atomic E-state index is -0.656. The molecular formula is C11H9ClN4O3. The highest BCUT2D eigenvalue weighted by Gasteiger charge is 2.21. The third-order valence-electron chi connectivity index (χ3n) is 2.30. The van der Waals surface area contributed by atoms with E-state index in [-0.39, 0.29) is 11.6 Å². The van der Waals surface area contributed by atoms with Crippen LogP contribution in [0.1, 0.15) is 0 Å². The van der Waals surface area contributed by atoms with Crippen LogP contribution < -0.4 is 16.2 Å². The van der Waals surface area contributed by atoms with Gasteiger partial charge in [0.25, 0.3) is 0 Å². The van der Waals surface area contributed by atoms with Gasteiger partial charge in [0.05, 0.1) is 15.6 Å². The molecule has 0 amide bonds. The lowest BCUT2D eigenvalue weighted by Crippen LogP contribution is -2.00. The summed E-state index contributed by atoms with van der Waals surface area (Å²) in [5.74, 6) is 0.0790. The SMILES string of the molecule is Nc1ccc(Oc2ccnc(N)c2[N+](=O)[O-])cc1Cl. The van der Waals surface area contributed by atoms with Gasteiger partial charge >= 0.3 is 5.69 Å². The zero-order valence-electron chi connectivity index (χ0n) is 9.54. The molecule has 0 unspecified atom stereocenters. The van der Waals surface area contributed by atoms with Gasteiger partial charge in [-0.05, 0) is 12.1 Å². The Kier molecular flexibility index (Phi) is 3.39. The largest absolute Gasteiger partial charge is 0.450 e. The molecular weight excluding hydrogens is 272 g/mol. The minimum Gasteiger partial charge on any atom is -0.450 e. The van der Waals surface area contributed by atoms with Crippen LogP contribution in [0, 0.1) is 10.1 Å². The highest BCUT2D eigenvalue weighted by molar-refractivity contribution is 6.33. The van der Waals surface area contributed by atoms with Gasteiger partial charge in [0.15, 0.2) is 0 Å². The summed E-state index contributed by atoms with van der Waals surface area (Å²) in [6.07, 6.45) is 1.32. The number of nitrogen functional groups attached to an aromatic ring is 2. The number of anilines is 2. The number of pyridine rings is 1. The van der Waals surface area contributed by atoms with Crippen LogP contribution in [0.3, 0.4) is 0 Å². The van der Waals surface area contributed by atoms with Crippen molar-refractivity contribution in [3.63, 3.8) is 0 Å². The standard InChI is InChI=1S/C11H9ClN4O3/c12-7-5-6(1-2-8(7)13)19-9-3-4-15-11(14)10(9)16(17)18/h1-5H,13H2,(H2,14,15). The summed E-state index contributed by atoms with van der Waals surface area (Å²) in [6.45, 7) is 0. The van der Waals surface area contributed by atoms with E-state index in [4.69, 9.17) is 27.8 Å². The van der Waals surface area contributed by atoms with E-state index in [9.17, 15) is 10.1 Å².